The molecular formula is C15H20BrNO3. The van der Waals surface area contributed by atoms with Crippen molar-refractivity contribution < 1.29 is 14.7 Å². The number of hydrogen-bond donors (Lipinski definition) is 2. The van der Waals surface area contributed by atoms with Gasteiger partial charge in [-0.2, -0.15) is 0 Å². The zero-order valence-corrected chi connectivity index (χ0v) is 13.5. The first kappa shape index (κ1) is 16.7. The van der Waals surface area contributed by atoms with Gasteiger partial charge in [-0.1, -0.05) is 35.0 Å². The molecule has 0 radical (unpaired) electrons. The van der Waals surface area contributed by atoms with Gasteiger partial charge in [-0.05, 0) is 37.5 Å². The first-order chi connectivity index (χ1) is 9.20. The van der Waals surface area contributed by atoms with Gasteiger partial charge in [-0.15, -0.1) is 0 Å². The average Bonchev–Trinajstić information content (AvgIpc) is 2.26. The van der Waals surface area contributed by atoms with E-state index >= 15 is 0 Å². The van der Waals surface area contributed by atoms with Gasteiger partial charge < -0.3 is 10.4 Å². The number of aliphatic carboxylic acids is 1. The minimum atomic E-state index is -0.877. The summed E-state index contributed by atoms with van der Waals surface area (Å²) in [5.41, 5.74) is 0.515. The molecule has 0 saturated heterocycles. The molecule has 1 aromatic rings. The molecule has 0 spiro atoms. The number of carboxylic acid groups (broad SMARTS) is 1. The van der Waals surface area contributed by atoms with Crippen LogP contribution in [0.15, 0.2) is 28.7 Å². The van der Waals surface area contributed by atoms with Crippen LogP contribution < -0.4 is 5.32 Å². The van der Waals surface area contributed by atoms with E-state index in [0.29, 0.717) is 0 Å². The van der Waals surface area contributed by atoms with Crippen molar-refractivity contribution in [1.29, 1.82) is 0 Å². The van der Waals surface area contributed by atoms with E-state index in [1.54, 1.807) is 6.92 Å². The van der Waals surface area contributed by atoms with E-state index in [1.807, 2.05) is 38.1 Å². The summed E-state index contributed by atoms with van der Waals surface area (Å²) in [6.45, 7) is 5.62. The number of nitrogens with one attached hydrogen (secondary N) is 1. The van der Waals surface area contributed by atoms with E-state index in [2.05, 4.69) is 21.2 Å². The van der Waals surface area contributed by atoms with Gasteiger partial charge in [-0.3, -0.25) is 9.59 Å². The molecule has 5 heteroatoms. The topological polar surface area (TPSA) is 66.4 Å². The Morgan fingerprint density at radius 1 is 1.25 bits per heavy atom. The number of benzene rings is 1. The van der Waals surface area contributed by atoms with E-state index in [-0.39, 0.29) is 24.7 Å². The number of halogens is 1. The Labute approximate surface area is 127 Å². The maximum absolute atomic E-state index is 12.0. The number of carboxylic acids is 1. The Morgan fingerprint density at radius 3 is 2.30 bits per heavy atom. The summed E-state index contributed by atoms with van der Waals surface area (Å²) in [6, 6.07) is 7.75. The Balaban J connectivity index is 2.63. The largest absolute Gasteiger partial charge is 0.481 e. The lowest BCUT2D eigenvalue weighted by atomic mass is 9.93. The van der Waals surface area contributed by atoms with Crippen LogP contribution in [-0.4, -0.2) is 17.0 Å². The van der Waals surface area contributed by atoms with E-state index < -0.39 is 11.5 Å². The van der Waals surface area contributed by atoms with Crippen molar-refractivity contribution in [3.8, 4) is 0 Å². The molecule has 0 fully saturated rings. The fraction of sp³-hybridized carbons (Fsp3) is 0.467. The SMILES string of the molecule is CC(CC(=O)O)CC(=O)NC(C)(C)c1ccc(Br)cc1. The molecule has 2 N–H and O–H groups in total. The normalized spacial score (nSPS) is 12.8. The number of carbonyl (C=O) groups is 2. The smallest absolute Gasteiger partial charge is 0.303 e. The third-order valence-electron chi connectivity index (χ3n) is 3.07. The molecule has 20 heavy (non-hydrogen) atoms. The molecule has 0 aliphatic carbocycles. The second kappa shape index (κ2) is 6.88. The van der Waals surface area contributed by atoms with Crippen molar-refractivity contribution in [3.63, 3.8) is 0 Å². The lowest BCUT2D eigenvalue weighted by Gasteiger charge is -2.27. The number of carbonyl (C=O) groups excluding carboxylic acids is 1. The van der Waals surface area contributed by atoms with Crippen molar-refractivity contribution in [2.45, 2.75) is 39.2 Å². The monoisotopic (exact) mass is 341 g/mol. The van der Waals surface area contributed by atoms with Gasteiger partial charge in [0, 0.05) is 17.3 Å². The van der Waals surface area contributed by atoms with Gasteiger partial charge in [-0.25, -0.2) is 0 Å². The summed E-state index contributed by atoms with van der Waals surface area (Å²) < 4.78 is 0.985. The third-order valence-corrected chi connectivity index (χ3v) is 3.60. The second-order valence-electron chi connectivity index (χ2n) is 5.59. The Bertz CT molecular complexity index is 482. The van der Waals surface area contributed by atoms with Gasteiger partial charge in [0.15, 0.2) is 0 Å². The summed E-state index contributed by atoms with van der Waals surface area (Å²) in [6.07, 6.45) is 0.221. The number of hydrogen-bond acceptors (Lipinski definition) is 2. The first-order valence-corrected chi connectivity index (χ1v) is 7.29. The molecule has 0 heterocycles. The average molecular weight is 342 g/mol. The molecule has 0 aliphatic rings. The van der Waals surface area contributed by atoms with Crippen molar-refractivity contribution in [3.05, 3.63) is 34.3 Å². The second-order valence-corrected chi connectivity index (χ2v) is 6.50. The van der Waals surface area contributed by atoms with Gasteiger partial charge in [0.05, 0.1) is 5.54 Å². The molecular weight excluding hydrogens is 322 g/mol. The van der Waals surface area contributed by atoms with E-state index in [0.717, 1.165) is 10.0 Å². The standard InChI is InChI=1S/C15H20BrNO3/c1-10(9-14(19)20)8-13(18)17-15(2,3)11-4-6-12(16)7-5-11/h4-7,10H,8-9H2,1-3H3,(H,17,18)(H,19,20). The third kappa shape index (κ3) is 5.33. The van der Waals surface area contributed by atoms with Crippen LogP contribution >= 0.6 is 15.9 Å². The molecule has 1 rings (SSSR count). The van der Waals surface area contributed by atoms with Gasteiger partial charge in [0.2, 0.25) is 5.91 Å². The van der Waals surface area contributed by atoms with Crippen LogP contribution in [0.4, 0.5) is 0 Å². The van der Waals surface area contributed by atoms with Crippen molar-refractivity contribution >= 4 is 27.8 Å². The molecule has 0 bridgehead atoms. The van der Waals surface area contributed by atoms with Crippen molar-refractivity contribution in [2.24, 2.45) is 5.92 Å². The summed E-state index contributed by atoms with van der Waals surface area (Å²) in [4.78, 5) is 22.6. The molecule has 0 aliphatic heterocycles. The summed E-state index contributed by atoms with van der Waals surface area (Å²) in [5, 5.41) is 11.6. The van der Waals surface area contributed by atoms with Gasteiger partial charge in [0.1, 0.15) is 0 Å². The Hall–Kier alpha value is -1.36. The van der Waals surface area contributed by atoms with E-state index in [1.165, 1.54) is 0 Å². The Morgan fingerprint density at radius 2 is 1.80 bits per heavy atom. The minimum absolute atomic E-state index is 0.00608. The maximum Gasteiger partial charge on any atom is 0.303 e. The molecule has 0 aromatic heterocycles. The first-order valence-electron chi connectivity index (χ1n) is 6.49. The predicted octanol–water partition coefficient (Wildman–Crippen LogP) is 3.30. The molecule has 1 aromatic carbocycles. The van der Waals surface area contributed by atoms with E-state index in [9.17, 15) is 9.59 Å². The zero-order chi connectivity index (χ0) is 15.3. The lowest BCUT2D eigenvalue weighted by Crippen LogP contribution is -2.41. The van der Waals surface area contributed by atoms with Crippen LogP contribution in [0.2, 0.25) is 0 Å². The molecule has 1 unspecified atom stereocenters. The fourth-order valence-corrected chi connectivity index (χ4v) is 2.29. The maximum atomic E-state index is 12.0. The van der Waals surface area contributed by atoms with Crippen molar-refractivity contribution in [2.75, 3.05) is 0 Å². The van der Waals surface area contributed by atoms with Crippen LogP contribution in [0.1, 0.15) is 39.2 Å². The van der Waals surface area contributed by atoms with Crippen LogP contribution in [-0.2, 0) is 15.1 Å². The quantitative estimate of drug-likeness (QED) is 0.834. The molecule has 0 saturated carbocycles. The molecule has 110 valence electrons. The van der Waals surface area contributed by atoms with E-state index in [4.69, 9.17) is 5.11 Å². The van der Waals surface area contributed by atoms with Crippen LogP contribution in [0.5, 0.6) is 0 Å². The minimum Gasteiger partial charge on any atom is -0.481 e. The summed E-state index contributed by atoms with van der Waals surface area (Å²) >= 11 is 3.38. The highest BCUT2D eigenvalue weighted by Gasteiger charge is 2.23. The summed E-state index contributed by atoms with van der Waals surface area (Å²) in [5.74, 6) is -1.18. The lowest BCUT2D eigenvalue weighted by molar-refractivity contribution is -0.138. The highest BCUT2D eigenvalue weighted by molar-refractivity contribution is 9.10. The van der Waals surface area contributed by atoms with Gasteiger partial charge >= 0.3 is 5.97 Å². The van der Waals surface area contributed by atoms with Crippen LogP contribution in [0, 0.1) is 5.92 Å². The Kier molecular flexibility index (Phi) is 5.74. The van der Waals surface area contributed by atoms with Crippen LogP contribution in [0.3, 0.4) is 0 Å². The van der Waals surface area contributed by atoms with Gasteiger partial charge in [0.25, 0.3) is 0 Å². The zero-order valence-electron chi connectivity index (χ0n) is 11.9. The fourth-order valence-electron chi connectivity index (χ4n) is 2.03. The highest BCUT2D eigenvalue weighted by Crippen LogP contribution is 2.22. The summed E-state index contributed by atoms with van der Waals surface area (Å²) in [7, 11) is 0. The van der Waals surface area contributed by atoms with Crippen LogP contribution in [0.25, 0.3) is 0 Å². The molecule has 4 nitrogen and oxygen atoms in total. The molecule has 1 amide bonds. The van der Waals surface area contributed by atoms with Crippen molar-refractivity contribution in [1.82, 2.24) is 5.32 Å². The molecule has 1 atom stereocenters. The highest BCUT2D eigenvalue weighted by atomic mass is 79.9. The number of rotatable bonds is 6. The predicted molar refractivity (Wildman–Crippen MR) is 81.3 cm³/mol. The number of amides is 1.